The average Bonchev–Trinajstić information content (AvgIpc) is 3.50. The molecular weight excluding hydrogens is 426 g/mol. The monoisotopic (exact) mass is 449 g/mol. The number of anilines is 1. The molecule has 1 atom stereocenters. The van der Waals surface area contributed by atoms with E-state index in [1.165, 1.54) is 0 Å². The number of nitrogens with one attached hydrogen (secondary N) is 1. The van der Waals surface area contributed by atoms with E-state index in [9.17, 15) is 9.59 Å². The largest absolute Gasteiger partial charge is 0.325 e. The van der Waals surface area contributed by atoms with Gasteiger partial charge in [-0.1, -0.05) is 24.1 Å². The lowest BCUT2D eigenvalue weighted by Gasteiger charge is -2.22. The van der Waals surface area contributed by atoms with Crippen molar-refractivity contribution in [1.29, 1.82) is 0 Å². The summed E-state index contributed by atoms with van der Waals surface area (Å²) in [5, 5.41) is 2.80. The molecule has 0 saturated carbocycles. The van der Waals surface area contributed by atoms with Crippen LogP contribution in [0.4, 0.5) is 5.82 Å². The average molecular weight is 450 g/mol. The molecule has 5 rings (SSSR count). The molecule has 0 aliphatic carbocycles. The van der Waals surface area contributed by atoms with Crippen molar-refractivity contribution in [3.8, 4) is 23.1 Å². The van der Waals surface area contributed by atoms with Crippen molar-refractivity contribution in [3.05, 3.63) is 84.4 Å². The summed E-state index contributed by atoms with van der Waals surface area (Å²) in [6.45, 7) is 2.39. The van der Waals surface area contributed by atoms with Crippen molar-refractivity contribution < 1.29 is 9.59 Å². The molecule has 0 radical (unpaired) electrons. The highest BCUT2D eigenvalue weighted by Gasteiger charge is 2.31. The van der Waals surface area contributed by atoms with Gasteiger partial charge in [0.05, 0.1) is 23.6 Å². The number of benzene rings is 1. The number of likely N-dealkylation sites (tertiary alicyclic amines) is 1. The number of hydrogen-bond acceptors (Lipinski definition) is 4. The molecule has 1 unspecified atom stereocenters. The highest BCUT2D eigenvalue weighted by atomic mass is 16.2. The zero-order valence-corrected chi connectivity index (χ0v) is 18.7. The van der Waals surface area contributed by atoms with E-state index in [0.29, 0.717) is 17.9 Å². The molecule has 1 aliphatic rings. The third kappa shape index (κ3) is 4.02. The van der Waals surface area contributed by atoms with E-state index < -0.39 is 0 Å². The van der Waals surface area contributed by atoms with E-state index in [4.69, 9.17) is 0 Å². The molecule has 1 aliphatic heterocycles. The number of amides is 2. The fourth-order valence-corrected chi connectivity index (χ4v) is 4.50. The molecular formula is C27H23N5O2. The Kier molecular flexibility index (Phi) is 5.79. The second kappa shape index (κ2) is 9.20. The molecule has 4 aromatic rings. The Morgan fingerprint density at radius 2 is 1.94 bits per heavy atom. The van der Waals surface area contributed by atoms with Crippen LogP contribution >= 0.6 is 0 Å². The Balaban J connectivity index is 1.47. The Labute approximate surface area is 197 Å². The van der Waals surface area contributed by atoms with Gasteiger partial charge in [-0.05, 0) is 67.6 Å². The number of aromatic nitrogens is 3. The van der Waals surface area contributed by atoms with Crippen molar-refractivity contribution in [1.82, 2.24) is 19.3 Å². The van der Waals surface area contributed by atoms with Crippen LogP contribution in [0, 0.1) is 11.8 Å². The Hall–Kier alpha value is -4.44. The van der Waals surface area contributed by atoms with Gasteiger partial charge in [-0.25, -0.2) is 9.97 Å². The quantitative estimate of drug-likeness (QED) is 0.470. The number of fused-ring (bicyclic) bond motifs is 1. The smallest absolute Gasteiger partial charge is 0.298 e. The van der Waals surface area contributed by atoms with Crippen molar-refractivity contribution in [2.45, 2.75) is 25.8 Å². The minimum atomic E-state index is -0.218. The molecule has 1 N–H and O–H groups in total. The predicted octanol–water partition coefficient (Wildman–Crippen LogP) is 4.34. The van der Waals surface area contributed by atoms with Gasteiger partial charge in [0.25, 0.3) is 11.8 Å². The first-order chi connectivity index (χ1) is 16.7. The molecule has 168 valence electrons. The van der Waals surface area contributed by atoms with Crippen LogP contribution in [0.15, 0.2) is 73.3 Å². The minimum absolute atomic E-state index is 0.0251. The van der Waals surface area contributed by atoms with E-state index in [0.717, 1.165) is 35.2 Å². The first kappa shape index (κ1) is 21.4. The highest BCUT2D eigenvalue weighted by molar-refractivity contribution is 6.04. The Bertz CT molecular complexity index is 1410. The molecule has 34 heavy (non-hydrogen) atoms. The fraction of sp³-hybridized carbons (Fsp3) is 0.185. The van der Waals surface area contributed by atoms with Gasteiger partial charge >= 0.3 is 0 Å². The number of nitrogens with zero attached hydrogens (tertiary/aromatic N) is 4. The molecule has 1 fully saturated rings. The highest BCUT2D eigenvalue weighted by Crippen LogP contribution is 2.38. The van der Waals surface area contributed by atoms with Crippen LogP contribution in [-0.4, -0.2) is 37.6 Å². The molecule has 3 aromatic heterocycles. The summed E-state index contributed by atoms with van der Waals surface area (Å²) in [6.07, 6.45) is 7.02. The number of hydrogen-bond donors (Lipinski definition) is 1. The van der Waals surface area contributed by atoms with E-state index >= 15 is 0 Å². The summed E-state index contributed by atoms with van der Waals surface area (Å²) in [5.74, 6) is 5.56. The lowest BCUT2D eigenvalue weighted by Crippen LogP contribution is -2.29. The van der Waals surface area contributed by atoms with Crippen LogP contribution in [0.2, 0.25) is 0 Å². The summed E-state index contributed by atoms with van der Waals surface area (Å²) < 4.78 is 2.03. The van der Waals surface area contributed by atoms with Crippen LogP contribution in [-0.2, 0) is 4.79 Å². The predicted molar refractivity (Wildman–Crippen MR) is 130 cm³/mol. The molecule has 2 amide bonds. The third-order valence-corrected chi connectivity index (χ3v) is 6.06. The van der Waals surface area contributed by atoms with E-state index in [-0.39, 0.29) is 17.9 Å². The zero-order chi connectivity index (χ0) is 23.5. The van der Waals surface area contributed by atoms with Gasteiger partial charge in [-0.2, -0.15) is 0 Å². The topological polar surface area (TPSA) is 79.6 Å². The van der Waals surface area contributed by atoms with Gasteiger partial charge in [-0.3, -0.25) is 9.59 Å². The van der Waals surface area contributed by atoms with Gasteiger partial charge in [-0.15, -0.1) is 0 Å². The number of pyridine rings is 1. The Morgan fingerprint density at radius 3 is 2.71 bits per heavy atom. The maximum Gasteiger partial charge on any atom is 0.298 e. The van der Waals surface area contributed by atoms with E-state index in [2.05, 4.69) is 33.2 Å². The molecule has 1 saturated heterocycles. The molecule has 0 spiro atoms. The van der Waals surface area contributed by atoms with Gasteiger partial charge in [0.15, 0.2) is 0 Å². The fourth-order valence-electron chi connectivity index (χ4n) is 4.50. The van der Waals surface area contributed by atoms with Crippen molar-refractivity contribution in [2.24, 2.45) is 0 Å². The summed E-state index contributed by atoms with van der Waals surface area (Å²) in [5.41, 5.74) is 4.54. The Morgan fingerprint density at radius 1 is 1.09 bits per heavy atom. The number of carbonyl (C=O) groups is 2. The van der Waals surface area contributed by atoms with Gasteiger partial charge in [0.1, 0.15) is 5.82 Å². The summed E-state index contributed by atoms with van der Waals surface area (Å²) in [4.78, 5) is 35.5. The standard InChI is InChI=1S/C27H23N5O2/c1-2-6-26(33)31-16-5-7-22(31)21-17-24(32-18-28-15-13-23(21)32)19-9-11-20(12-10-19)27(34)30-25-8-3-4-14-29-25/h3-4,8-15,17-18,22H,5,7,16H2,1H3,(H,29,30,34). The minimum Gasteiger partial charge on any atom is -0.325 e. The molecule has 4 heterocycles. The maximum atomic E-state index is 12.6. The summed E-state index contributed by atoms with van der Waals surface area (Å²) in [7, 11) is 0. The number of rotatable bonds is 4. The molecule has 1 aromatic carbocycles. The summed E-state index contributed by atoms with van der Waals surface area (Å²) in [6, 6.07) is 16.9. The van der Waals surface area contributed by atoms with Crippen LogP contribution in [0.5, 0.6) is 0 Å². The van der Waals surface area contributed by atoms with Crippen molar-refractivity contribution >= 4 is 23.1 Å². The molecule has 7 nitrogen and oxygen atoms in total. The summed E-state index contributed by atoms with van der Waals surface area (Å²) >= 11 is 0. The van der Waals surface area contributed by atoms with Crippen LogP contribution in [0.3, 0.4) is 0 Å². The zero-order valence-electron chi connectivity index (χ0n) is 18.7. The van der Waals surface area contributed by atoms with Crippen LogP contribution < -0.4 is 5.32 Å². The van der Waals surface area contributed by atoms with Crippen LogP contribution in [0.25, 0.3) is 16.8 Å². The second-order valence-electron chi connectivity index (χ2n) is 8.10. The lowest BCUT2D eigenvalue weighted by atomic mass is 10.0. The second-order valence-corrected chi connectivity index (χ2v) is 8.10. The van der Waals surface area contributed by atoms with Crippen molar-refractivity contribution in [3.63, 3.8) is 0 Å². The van der Waals surface area contributed by atoms with Crippen LogP contribution in [0.1, 0.15) is 41.7 Å². The lowest BCUT2D eigenvalue weighted by molar-refractivity contribution is -0.125. The van der Waals surface area contributed by atoms with Crippen molar-refractivity contribution in [2.75, 3.05) is 11.9 Å². The van der Waals surface area contributed by atoms with E-state index in [1.54, 1.807) is 49.9 Å². The first-order valence-electron chi connectivity index (χ1n) is 11.2. The molecule has 7 heteroatoms. The maximum absolute atomic E-state index is 12.6. The van der Waals surface area contributed by atoms with Gasteiger partial charge in [0, 0.05) is 30.1 Å². The third-order valence-electron chi connectivity index (χ3n) is 6.06. The normalized spacial score (nSPS) is 15.1. The first-order valence-corrected chi connectivity index (χ1v) is 11.2. The number of carbonyl (C=O) groups excluding carboxylic acids is 2. The van der Waals surface area contributed by atoms with Gasteiger partial charge < -0.3 is 14.6 Å². The van der Waals surface area contributed by atoms with Gasteiger partial charge in [0.2, 0.25) is 0 Å². The van der Waals surface area contributed by atoms with E-state index in [1.807, 2.05) is 33.6 Å². The SMILES string of the molecule is CC#CC(=O)N1CCCC1c1cc(-c2ccc(C(=O)Nc3ccccn3)cc2)n2cnccc12. The molecule has 0 bridgehead atoms.